The van der Waals surface area contributed by atoms with Gasteiger partial charge in [0.15, 0.2) is 5.82 Å². The van der Waals surface area contributed by atoms with Crippen LogP contribution in [0.15, 0.2) is 30.3 Å². The maximum absolute atomic E-state index is 12.2. The minimum atomic E-state index is -0.371. The molecule has 9 nitrogen and oxygen atoms in total. The van der Waals surface area contributed by atoms with Gasteiger partial charge in [-0.2, -0.15) is 10.3 Å². The number of nitrogens with one attached hydrogen (secondary N) is 3. The third-order valence-electron chi connectivity index (χ3n) is 3.28. The van der Waals surface area contributed by atoms with Gasteiger partial charge in [0.05, 0.1) is 18.8 Å². The lowest BCUT2D eigenvalue weighted by atomic mass is 10.1. The maximum atomic E-state index is 12.2. The Labute approximate surface area is 131 Å². The summed E-state index contributed by atoms with van der Waals surface area (Å²) in [6.45, 7) is 1.77. The Morgan fingerprint density at radius 3 is 2.91 bits per heavy atom. The van der Waals surface area contributed by atoms with Gasteiger partial charge in [-0.05, 0) is 25.1 Å². The largest absolute Gasteiger partial charge is 0.497 e. The van der Waals surface area contributed by atoms with Crippen molar-refractivity contribution in [3.63, 3.8) is 0 Å². The number of carbonyl (C=O) groups is 1. The number of nitrogens with zero attached hydrogens (tertiary/aromatic N) is 4. The van der Waals surface area contributed by atoms with Crippen LogP contribution in [0.4, 0.5) is 0 Å². The third-order valence-corrected chi connectivity index (χ3v) is 3.28. The number of aromatic amines is 2. The van der Waals surface area contributed by atoms with Crippen molar-refractivity contribution in [1.29, 1.82) is 0 Å². The topological polar surface area (TPSA) is 121 Å². The summed E-state index contributed by atoms with van der Waals surface area (Å²) in [5.41, 5.74) is 1.85. The van der Waals surface area contributed by atoms with Gasteiger partial charge in [-0.15, -0.1) is 10.2 Å². The summed E-state index contributed by atoms with van der Waals surface area (Å²) >= 11 is 0. The molecule has 0 spiro atoms. The zero-order chi connectivity index (χ0) is 16.2. The Bertz CT molecular complexity index is 797. The maximum Gasteiger partial charge on any atom is 0.269 e. The molecule has 0 saturated carbocycles. The number of amides is 1. The van der Waals surface area contributed by atoms with Crippen molar-refractivity contribution in [3.05, 3.63) is 41.9 Å². The SMILES string of the molecule is COc1cccc(-c2cc(C(=O)NC(C)c3nn[nH]n3)[nH]n2)c1. The van der Waals surface area contributed by atoms with Crippen LogP contribution < -0.4 is 10.1 Å². The molecule has 3 aromatic rings. The highest BCUT2D eigenvalue weighted by Gasteiger charge is 2.17. The molecule has 1 unspecified atom stereocenters. The number of hydrogen-bond donors (Lipinski definition) is 3. The number of H-pyrrole nitrogens is 2. The molecular formula is C14H15N7O2. The Hall–Kier alpha value is -3.23. The lowest BCUT2D eigenvalue weighted by Gasteiger charge is -2.08. The van der Waals surface area contributed by atoms with Gasteiger partial charge in [0.1, 0.15) is 11.4 Å². The summed E-state index contributed by atoms with van der Waals surface area (Å²) < 4.78 is 5.18. The molecule has 0 aliphatic rings. The molecule has 1 amide bonds. The Morgan fingerprint density at radius 1 is 1.30 bits per heavy atom. The van der Waals surface area contributed by atoms with Crippen molar-refractivity contribution < 1.29 is 9.53 Å². The highest BCUT2D eigenvalue weighted by Crippen LogP contribution is 2.22. The molecule has 2 heterocycles. The Balaban J connectivity index is 1.74. The number of methoxy groups -OCH3 is 1. The van der Waals surface area contributed by atoms with Crippen molar-refractivity contribution in [3.8, 4) is 17.0 Å². The first-order chi connectivity index (χ1) is 11.2. The first kappa shape index (κ1) is 14.7. The molecule has 0 saturated heterocycles. The second kappa shape index (κ2) is 6.26. The van der Waals surface area contributed by atoms with Crippen LogP contribution in [0, 0.1) is 0 Å². The van der Waals surface area contributed by atoms with E-state index < -0.39 is 0 Å². The van der Waals surface area contributed by atoms with Crippen LogP contribution in [0.2, 0.25) is 0 Å². The smallest absolute Gasteiger partial charge is 0.269 e. The predicted octanol–water partition coefficient (Wildman–Crippen LogP) is 1.09. The van der Waals surface area contributed by atoms with E-state index in [1.165, 1.54) is 0 Å². The molecular weight excluding hydrogens is 298 g/mol. The molecule has 3 N–H and O–H groups in total. The van der Waals surface area contributed by atoms with E-state index in [1.807, 2.05) is 24.3 Å². The lowest BCUT2D eigenvalue weighted by Crippen LogP contribution is -2.27. The number of tetrazole rings is 1. The lowest BCUT2D eigenvalue weighted by molar-refractivity contribution is 0.0933. The summed E-state index contributed by atoms with van der Waals surface area (Å²) in [6.07, 6.45) is 0. The molecule has 2 aromatic heterocycles. The van der Waals surface area contributed by atoms with Crippen LogP contribution in [0.3, 0.4) is 0 Å². The fourth-order valence-electron chi connectivity index (χ4n) is 2.06. The summed E-state index contributed by atoms with van der Waals surface area (Å²) in [7, 11) is 1.60. The van der Waals surface area contributed by atoms with Crippen molar-refractivity contribution in [2.24, 2.45) is 0 Å². The van der Waals surface area contributed by atoms with Gasteiger partial charge in [0.25, 0.3) is 5.91 Å². The van der Waals surface area contributed by atoms with Gasteiger partial charge in [-0.3, -0.25) is 9.89 Å². The first-order valence-corrected chi connectivity index (χ1v) is 6.91. The van der Waals surface area contributed by atoms with Crippen molar-refractivity contribution in [2.45, 2.75) is 13.0 Å². The number of carbonyl (C=O) groups excluding carboxylic acids is 1. The van der Waals surface area contributed by atoms with Crippen LogP contribution in [0.1, 0.15) is 29.3 Å². The molecule has 9 heteroatoms. The summed E-state index contributed by atoms with van der Waals surface area (Å²) in [4.78, 5) is 12.2. The molecule has 0 bridgehead atoms. The quantitative estimate of drug-likeness (QED) is 0.648. The molecule has 0 aliphatic carbocycles. The van der Waals surface area contributed by atoms with Crippen LogP contribution in [-0.4, -0.2) is 43.8 Å². The van der Waals surface area contributed by atoms with Crippen LogP contribution in [-0.2, 0) is 0 Å². The van der Waals surface area contributed by atoms with Gasteiger partial charge in [-0.25, -0.2) is 0 Å². The molecule has 0 fully saturated rings. The highest BCUT2D eigenvalue weighted by atomic mass is 16.5. The van der Waals surface area contributed by atoms with Gasteiger partial charge in [-0.1, -0.05) is 17.3 Å². The standard InChI is InChI=1S/C14H15N7O2/c1-8(13-18-20-21-19-13)15-14(22)12-7-11(16-17-12)9-4-3-5-10(6-9)23-2/h3-8H,1-2H3,(H,15,22)(H,16,17)(H,18,19,20,21). The van der Waals surface area contributed by atoms with Crippen molar-refractivity contribution in [1.82, 2.24) is 36.1 Å². The molecule has 1 aromatic carbocycles. The van der Waals surface area contributed by atoms with E-state index in [2.05, 4.69) is 36.1 Å². The number of ether oxygens (including phenoxy) is 1. The van der Waals surface area contributed by atoms with E-state index in [0.29, 0.717) is 17.2 Å². The number of hydrogen-bond acceptors (Lipinski definition) is 6. The fourth-order valence-corrected chi connectivity index (χ4v) is 2.06. The summed E-state index contributed by atoms with van der Waals surface area (Å²) in [5.74, 6) is 0.831. The third kappa shape index (κ3) is 3.18. The van der Waals surface area contributed by atoms with Crippen LogP contribution >= 0.6 is 0 Å². The monoisotopic (exact) mass is 313 g/mol. The first-order valence-electron chi connectivity index (χ1n) is 6.91. The minimum Gasteiger partial charge on any atom is -0.497 e. The fraction of sp³-hybridized carbons (Fsp3) is 0.214. The van der Waals surface area contributed by atoms with Crippen LogP contribution in [0.5, 0.6) is 5.75 Å². The van der Waals surface area contributed by atoms with Gasteiger partial charge in [0, 0.05) is 5.56 Å². The second-order valence-corrected chi connectivity index (χ2v) is 4.86. The molecule has 0 radical (unpaired) electrons. The van der Waals surface area contributed by atoms with E-state index >= 15 is 0 Å². The molecule has 3 rings (SSSR count). The molecule has 0 aliphatic heterocycles. The molecule has 1 atom stereocenters. The van der Waals surface area contributed by atoms with Crippen molar-refractivity contribution in [2.75, 3.05) is 7.11 Å². The highest BCUT2D eigenvalue weighted by molar-refractivity contribution is 5.93. The van der Waals surface area contributed by atoms with E-state index in [9.17, 15) is 4.79 Å². The van der Waals surface area contributed by atoms with Crippen molar-refractivity contribution >= 4 is 5.91 Å². The average Bonchev–Trinajstić information content (AvgIpc) is 3.26. The molecule has 23 heavy (non-hydrogen) atoms. The normalized spacial score (nSPS) is 11.9. The number of rotatable bonds is 5. The summed E-state index contributed by atoms with van der Waals surface area (Å²) in [5, 5.41) is 23.1. The zero-order valence-electron chi connectivity index (χ0n) is 12.6. The van der Waals surface area contributed by atoms with E-state index in [0.717, 1.165) is 11.3 Å². The van der Waals surface area contributed by atoms with Gasteiger partial charge in [0.2, 0.25) is 0 Å². The van der Waals surface area contributed by atoms with E-state index in [-0.39, 0.29) is 11.9 Å². The Kier molecular flexibility index (Phi) is 4.00. The average molecular weight is 313 g/mol. The molecule has 118 valence electrons. The summed E-state index contributed by atoms with van der Waals surface area (Å²) in [6, 6.07) is 8.75. The van der Waals surface area contributed by atoms with E-state index in [4.69, 9.17) is 4.74 Å². The second-order valence-electron chi connectivity index (χ2n) is 4.86. The van der Waals surface area contributed by atoms with E-state index in [1.54, 1.807) is 20.1 Å². The van der Waals surface area contributed by atoms with Crippen LogP contribution in [0.25, 0.3) is 11.3 Å². The zero-order valence-corrected chi connectivity index (χ0v) is 12.6. The Morgan fingerprint density at radius 2 is 2.17 bits per heavy atom. The van der Waals surface area contributed by atoms with Gasteiger partial charge < -0.3 is 10.1 Å². The predicted molar refractivity (Wildman–Crippen MR) is 80.6 cm³/mol. The number of benzene rings is 1. The number of aromatic nitrogens is 6. The minimum absolute atomic E-state index is 0.302. The van der Waals surface area contributed by atoms with Gasteiger partial charge >= 0.3 is 0 Å².